The summed E-state index contributed by atoms with van der Waals surface area (Å²) in [6.07, 6.45) is 4.78. The molecule has 180 valence electrons. The Balaban J connectivity index is 1.52. The van der Waals surface area contributed by atoms with Crippen LogP contribution in [0.4, 0.5) is 0 Å². The molecule has 33 heavy (non-hydrogen) atoms. The number of aliphatic hydroxyl groups is 1. The molecule has 1 aliphatic heterocycles. The minimum absolute atomic E-state index is 0.257. The van der Waals surface area contributed by atoms with Gasteiger partial charge >= 0.3 is 5.97 Å². The van der Waals surface area contributed by atoms with Crippen molar-refractivity contribution in [3.8, 4) is 0 Å². The van der Waals surface area contributed by atoms with Gasteiger partial charge in [-0.05, 0) is 56.1 Å². The van der Waals surface area contributed by atoms with Crippen LogP contribution in [0.25, 0.3) is 0 Å². The van der Waals surface area contributed by atoms with Crippen LogP contribution in [-0.2, 0) is 32.6 Å². The molecule has 1 heterocycles. The average Bonchev–Trinajstić information content (AvgIpc) is 2.84. The standard InChI is InChI=1S/C25H34N2O5S/c28-20-23(19-22-14-5-2-6-15-22)26-33(30,31)27-17-9-7-16-24(27)25(29)32-18-10-8-13-21-11-3-1-4-12-21/h1-6,11-12,14-15,23-24,26,28H,7-10,13,16-20H2/t23-,24+/m1/s1. The molecule has 2 atom stereocenters. The Morgan fingerprint density at radius 3 is 2.36 bits per heavy atom. The topological polar surface area (TPSA) is 95.9 Å². The number of ether oxygens (including phenoxy) is 1. The van der Waals surface area contributed by atoms with Crippen LogP contribution < -0.4 is 4.72 Å². The van der Waals surface area contributed by atoms with Crippen LogP contribution in [0.1, 0.15) is 43.2 Å². The predicted molar refractivity (Wildman–Crippen MR) is 128 cm³/mol. The number of aryl methyl sites for hydroxylation is 1. The van der Waals surface area contributed by atoms with Crippen molar-refractivity contribution in [2.45, 2.75) is 57.0 Å². The summed E-state index contributed by atoms with van der Waals surface area (Å²) in [4.78, 5) is 12.7. The fourth-order valence-electron chi connectivity index (χ4n) is 4.09. The zero-order valence-corrected chi connectivity index (χ0v) is 19.8. The Hall–Kier alpha value is -2.26. The van der Waals surface area contributed by atoms with Crippen LogP contribution in [0, 0.1) is 0 Å². The summed E-state index contributed by atoms with van der Waals surface area (Å²) in [5.41, 5.74) is 2.16. The first-order valence-corrected chi connectivity index (χ1v) is 13.1. The Morgan fingerprint density at radius 1 is 1.03 bits per heavy atom. The predicted octanol–water partition coefficient (Wildman–Crippen LogP) is 2.85. The highest BCUT2D eigenvalue weighted by atomic mass is 32.2. The number of nitrogens with zero attached hydrogens (tertiary/aromatic N) is 1. The lowest BCUT2D eigenvalue weighted by Crippen LogP contribution is -2.55. The molecule has 0 aliphatic carbocycles. The largest absolute Gasteiger partial charge is 0.464 e. The van der Waals surface area contributed by atoms with Crippen LogP contribution in [0.5, 0.6) is 0 Å². The number of rotatable bonds is 12. The number of benzene rings is 2. The summed E-state index contributed by atoms with van der Waals surface area (Å²) in [6, 6.07) is 18.0. The Morgan fingerprint density at radius 2 is 1.70 bits per heavy atom. The third-order valence-electron chi connectivity index (χ3n) is 5.84. The number of hydrogen-bond acceptors (Lipinski definition) is 5. The minimum atomic E-state index is -3.96. The maximum Gasteiger partial charge on any atom is 0.324 e. The van der Waals surface area contributed by atoms with E-state index in [1.807, 2.05) is 48.5 Å². The second kappa shape index (κ2) is 12.8. The van der Waals surface area contributed by atoms with Gasteiger partial charge in [0.25, 0.3) is 10.2 Å². The van der Waals surface area contributed by atoms with E-state index < -0.39 is 28.3 Å². The summed E-state index contributed by atoms with van der Waals surface area (Å²) in [7, 11) is -3.96. The first-order chi connectivity index (χ1) is 16.0. The molecule has 1 fully saturated rings. The molecule has 2 aromatic rings. The first-order valence-electron chi connectivity index (χ1n) is 11.6. The van der Waals surface area contributed by atoms with Crippen LogP contribution in [-0.4, -0.2) is 55.6 Å². The maximum absolute atomic E-state index is 13.1. The first kappa shape index (κ1) is 25.4. The van der Waals surface area contributed by atoms with E-state index in [9.17, 15) is 18.3 Å². The molecular weight excluding hydrogens is 440 g/mol. The number of unbranched alkanes of at least 4 members (excludes halogenated alkanes) is 1. The summed E-state index contributed by atoms with van der Waals surface area (Å²) in [6.45, 7) is 0.196. The van der Waals surface area contributed by atoms with Crippen molar-refractivity contribution in [2.24, 2.45) is 0 Å². The molecule has 3 rings (SSSR count). The van der Waals surface area contributed by atoms with Crippen molar-refractivity contribution in [3.05, 3.63) is 71.8 Å². The second-order valence-corrected chi connectivity index (χ2v) is 10.1. The Labute approximate surface area is 197 Å². The van der Waals surface area contributed by atoms with Gasteiger partial charge in [-0.2, -0.15) is 17.4 Å². The molecule has 0 saturated carbocycles. The smallest absolute Gasteiger partial charge is 0.324 e. The number of esters is 1. The van der Waals surface area contributed by atoms with Gasteiger partial charge in [0.1, 0.15) is 6.04 Å². The van der Waals surface area contributed by atoms with Crippen LogP contribution in [0.3, 0.4) is 0 Å². The highest BCUT2D eigenvalue weighted by molar-refractivity contribution is 7.87. The molecule has 0 spiro atoms. The molecule has 0 amide bonds. The Kier molecular flexibility index (Phi) is 9.87. The molecule has 7 nitrogen and oxygen atoms in total. The molecule has 0 unspecified atom stereocenters. The number of piperidine rings is 1. The van der Waals surface area contributed by atoms with E-state index in [0.29, 0.717) is 19.3 Å². The second-order valence-electron chi connectivity index (χ2n) is 8.42. The third kappa shape index (κ3) is 7.92. The molecule has 1 saturated heterocycles. The lowest BCUT2D eigenvalue weighted by Gasteiger charge is -2.34. The van der Waals surface area contributed by atoms with Gasteiger partial charge in [0.05, 0.1) is 19.3 Å². The maximum atomic E-state index is 13.1. The van der Waals surface area contributed by atoms with Crippen molar-refractivity contribution in [1.29, 1.82) is 0 Å². The number of hydrogen-bond donors (Lipinski definition) is 2. The lowest BCUT2D eigenvalue weighted by atomic mass is 10.1. The number of nitrogens with one attached hydrogen (secondary N) is 1. The molecule has 2 aromatic carbocycles. The van der Waals surface area contributed by atoms with Gasteiger partial charge in [0, 0.05) is 6.54 Å². The van der Waals surface area contributed by atoms with Gasteiger partial charge in [0.2, 0.25) is 0 Å². The fourth-order valence-corrected chi connectivity index (χ4v) is 5.70. The zero-order chi connectivity index (χ0) is 23.5. The summed E-state index contributed by atoms with van der Waals surface area (Å²) in [5, 5.41) is 9.74. The van der Waals surface area contributed by atoms with Crippen molar-refractivity contribution < 1.29 is 23.1 Å². The van der Waals surface area contributed by atoms with E-state index in [0.717, 1.165) is 31.2 Å². The molecule has 0 radical (unpaired) electrons. The van der Waals surface area contributed by atoms with E-state index in [2.05, 4.69) is 16.9 Å². The van der Waals surface area contributed by atoms with Crippen molar-refractivity contribution >= 4 is 16.2 Å². The lowest BCUT2D eigenvalue weighted by molar-refractivity contribution is -0.149. The Bertz CT molecular complexity index is 953. The molecule has 2 N–H and O–H groups in total. The number of aliphatic hydroxyl groups excluding tert-OH is 1. The summed E-state index contributed by atoms with van der Waals surface area (Å²) >= 11 is 0. The normalized spacial score (nSPS) is 18.0. The van der Waals surface area contributed by atoms with Gasteiger partial charge in [-0.1, -0.05) is 60.7 Å². The quantitative estimate of drug-likeness (QED) is 0.364. The fraction of sp³-hybridized carbons (Fsp3) is 0.480. The molecule has 8 heteroatoms. The molecular formula is C25H34N2O5S. The van der Waals surface area contributed by atoms with Crippen LogP contribution >= 0.6 is 0 Å². The SMILES string of the molecule is O=C(OCCCCc1ccccc1)[C@@H]1CCCCN1S(=O)(=O)N[C@@H](CO)Cc1ccccc1. The summed E-state index contributed by atoms with van der Waals surface area (Å²) in [5.74, 6) is -0.497. The monoisotopic (exact) mass is 474 g/mol. The zero-order valence-electron chi connectivity index (χ0n) is 18.9. The third-order valence-corrected chi connectivity index (χ3v) is 7.53. The van der Waals surface area contributed by atoms with Gasteiger partial charge < -0.3 is 9.84 Å². The van der Waals surface area contributed by atoms with Crippen molar-refractivity contribution in [1.82, 2.24) is 9.03 Å². The molecule has 0 bridgehead atoms. The van der Waals surface area contributed by atoms with Gasteiger partial charge in [-0.3, -0.25) is 4.79 Å². The number of carbonyl (C=O) groups excluding carboxylic acids is 1. The van der Waals surface area contributed by atoms with Crippen molar-refractivity contribution in [2.75, 3.05) is 19.8 Å². The van der Waals surface area contributed by atoms with E-state index in [-0.39, 0.29) is 19.8 Å². The van der Waals surface area contributed by atoms with Crippen LogP contribution in [0.15, 0.2) is 60.7 Å². The van der Waals surface area contributed by atoms with E-state index in [4.69, 9.17) is 4.74 Å². The van der Waals surface area contributed by atoms with Gasteiger partial charge in [-0.25, -0.2) is 0 Å². The van der Waals surface area contributed by atoms with Gasteiger partial charge in [-0.15, -0.1) is 0 Å². The van der Waals surface area contributed by atoms with Gasteiger partial charge in [0.15, 0.2) is 0 Å². The van der Waals surface area contributed by atoms with E-state index >= 15 is 0 Å². The van der Waals surface area contributed by atoms with E-state index in [1.165, 1.54) is 9.87 Å². The molecule has 0 aromatic heterocycles. The highest BCUT2D eigenvalue weighted by Gasteiger charge is 2.38. The van der Waals surface area contributed by atoms with Crippen molar-refractivity contribution in [3.63, 3.8) is 0 Å². The minimum Gasteiger partial charge on any atom is -0.464 e. The molecule has 1 aliphatic rings. The van der Waals surface area contributed by atoms with Crippen LogP contribution in [0.2, 0.25) is 0 Å². The average molecular weight is 475 g/mol. The highest BCUT2D eigenvalue weighted by Crippen LogP contribution is 2.22. The number of carbonyl (C=O) groups is 1. The summed E-state index contributed by atoms with van der Waals surface area (Å²) < 4.78 is 35.4. The van der Waals surface area contributed by atoms with E-state index in [1.54, 1.807) is 0 Å².